The van der Waals surface area contributed by atoms with Crippen LogP contribution < -0.4 is 0 Å². The summed E-state index contributed by atoms with van der Waals surface area (Å²) in [5, 5.41) is 0. The number of rotatable bonds is 3. The molecular weight excluding hydrogens is 168 g/mol. The number of hydrogen-bond donors (Lipinski definition) is 0. The predicted octanol–water partition coefficient (Wildman–Crippen LogP) is 5.03. The summed E-state index contributed by atoms with van der Waals surface area (Å²) in [6.07, 6.45) is 8.70. The molecule has 0 atom stereocenters. The third kappa shape index (κ3) is 1.85. The Morgan fingerprint density at radius 2 is 1.57 bits per heavy atom. The smallest absolute Gasteiger partial charge is 0.0246 e. The summed E-state index contributed by atoms with van der Waals surface area (Å²) in [5.74, 6) is 0.806. The van der Waals surface area contributed by atoms with Gasteiger partial charge in [0.05, 0.1) is 0 Å². The highest BCUT2D eigenvalue weighted by atomic mass is 14.5. The molecule has 1 rings (SSSR count). The van der Waals surface area contributed by atoms with E-state index in [4.69, 9.17) is 0 Å². The summed E-state index contributed by atoms with van der Waals surface area (Å²) in [6, 6.07) is 0. The van der Waals surface area contributed by atoms with Crippen LogP contribution in [0.4, 0.5) is 0 Å². The Morgan fingerprint density at radius 3 is 1.93 bits per heavy atom. The van der Waals surface area contributed by atoms with Crippen molar-refractivity contribution in [2.24, 2.45) is 16.7 Å². The summed E-state index contributed by atoms with van der Waals surface area (Å²) in [4.78, 5) is 0. The quantitative estimate of drug-likeness (QED) is 0.594. The Balaban J connectivity index is 2.86. The van der Waals surface area contributed by atoms with Crippen LogP contribution in [0.1, 0.15) is 73.1 Å². The Hall–Kier alpha value is 0. The van der Waals surface area contributed by atoms with E-state index < -0.39 is 0 Å². The minimum absolute atomic E-state index is 0.516. The SMILES string of the molecule is CCC1(C(C)(C)C(C)C)CCCCC1. The largest absolute Gasteiger partial charge is 0.0648 e. The molecule has 0 nitrogen and oxygen atoms in total. The third-order valence-electron chi connectivity index (χ3n) is 5.30. The zero-order valence-electron chi connectivity index (χ0n) is 10.8. The molecule has 1 saturated carbocycles. The molecule has 0 aromatic heterocycles. The topological polar surface area (TPSA) is 0 Å². The fourth-order valence-electron chi connectivity index (χ4n) is 3.29. The minimum atomic E-state index is 0.516. The van der Waals surface area contributed by atoms with Gasteiger partial charge in [0.2, 0.25) is 0 Å². The van der Waals surface area contributed by atoms with Gasteiger partial charge in [-0.1, -0.05) is 53.9 Å². The molecule has 0 heterocycles. The van der Waals surface area contributed by atoms with Crippen LogP contribution in [0.5, 0.6) is 0 Å². The molecule has 84 valence electrons. The summed E-state index contributed by atoms with van der Waals surface area (Å²) in [5.41, 5.74) is 1.15. The fourth-order valence-corrected chi connectivity index (χ4v) is 3.29. The van der Waals surface area contributed by atoms with Gasteiger partial charge in [-0.05, 0) is 36.0 Å². The highest BCUT2D eigenvalue weighted by Crippen LogP contribution is 2.55. The Kier molecular flexibility index (Phi) is 3.66. The highest BCUT2D eigenvalue weighted by molar-refractivity contribution is 4.95. The molecule has 0 amide bonds. The lowest BCUT2D eigenvalue weighted by Gasteiger charge is -2.51. The molecule has 0 aromatic carbocycles. The van der Waals surface area contributed by atoms with Crippen LogP contribution in [0, 0.1) is 16.7 Å². The second-order valence-corrected chi connectivity index (χ2v) is 6.07. The molecule has 0 unspecified atom stereocenters. The van der Waals surface area contributed by atoms with Crippen molar-refractivity contribution in [1.29, 1.82) is 0 Å². The Labute approximate surface area is 90.5 Å². The summed E-state index contributed by atoms with van der Waals surface area (Å²) >= 11 is 0. The fraction of sp³-hybridized carbons (Fsp3) is 1.00. The van der Waals surface area contributed by atoms with Gasteiger partial charge < -0.3 is 0 Å². The van der Waals surface area contributed by atoms with E-state index in [9.17, 15) is 0 Å². The van der Waals surface area contributed by atoms with E-state index in [0.717, 1.165) is 5.92 Å². The Morgan fingerprint density at radius 1 is 1.07 bits per heavy atom. The van der Waals surface area contributed by atoms with Gasteiger partial charge in [-0.3, -0.25) is 0 Å². The van der Waals surface area contributed by atoms with Crippen LogP contribution in [0.2, 0.25) is 0 Å². The molecule has 0 bridgehead atoms. The lowest BCUT2D eigenvalue weighted by molar-refractivity contribution is -0.0159. The van der Waals surface area contributed by atoms with Crippen molar-refractivity contribution in [1.82, 2.24) is 0 Å². The van der Waals surface area contributed by atoms with Gasteiger partial charge in [0.25, 0.3) is 0 Å². The average Bonchev–Trinajstić information content (AvgIpc) is 2.18. The van der Waals surface area contributed by atoms with E-state index in [1.165, 1.54) is 38.5 Å². The maximum absolute atomic E-state index is 2.49. The third-order valence-corrected chi connectivity index (χ3v) is 5.30. The monoisotopic (exact) mass is 196 g/mol. The van der Waals surface area contributed by atoms with Gasteiger partial charge in [0.1, 0.15) is 0 Å². The van der Waals surface area contributed by atoms with Gasteiger partial charge >= 0.3 is 0 Å². The van der Waals surface area contributed by atoms with Crippen molar-refractivity contribution >= 4 is 0 Å². The summed E-state index contributed by atoms with van der Waals surface area (Å²) in [7, 11) is 0. The second kappa shape index (κ2) is 4.24. The first-order chi connectivity index (χ1) is 6.46. The molecular formula is C14H28. The molecule has 0 saturated heterocycles. The standard InChI is InChI=1S/C14H28/c1-6-14(10-8-7-9-11-14)13(4,5)12(2)3/h12H,6-11H2,1-5H3. The van der Waals surface area contributed by atoms with Gasteiger partial charge in [-0.15, -0.1) is 0 Å². The summed E-state index contributed by atoms with van der Waals surface area (Å²) in [6.45, 7) is 12.2. The first kappa shape index (κ1) is 12.1. The van der Waals surface area contributed by atoms with Crippen molar-refractivity contribution < 1.29 is 0 Å². The van der Waals surface area contributed by atoms with Crippen LogP contribution in [0.25, 0.3) is 0 Å². The van der Waals surface area contributed by atoms with E-state index in [2.05, 4.69) is 34.6 Å². The average molecular weight is 196 g/mol. The van der Waals surface area contributed by atoms with Crippen LogP contribution >= 0.6 is 0 Å². The van der Waals surface area contributed by atoms with E-state index in [-0.39, 0.29) is 0 Å². The van der Waals surface area contributed by atoms with Crippen molar-refractivity contribution in [3.8, 4) is 0 Å². The molecule has 1 aliphatic carbocycles. The zero-order valence-corrected chi connectivity index (χ0v) is 10.8. The van der Waals surface area contributed by atoms with Gasteiger partial charge in [0, 0.05) is 0 Å². The lowest BCUT2D eigenvalue weighted by atomic mass is 9.53. The summed E-state index contributed by atoms with van der Waals surface area (Å²) < 4.78 is 0. The predicted molar refractivity (Wildman–Crippen MR) is 64.4 cm³/mol. The van der Waals surface area contributed by atoms with Crippen molar-refractivity contribution in [3.63, 3.8) is 0 Å². The zero-order chi connectivity index (χ0) is 10.8. The molecule has 0 N–H and O–H groups in total. The van der Waals surface area contributed by atoms with Crippen LogP contribution in [-0.2, 0) is 0 Å². The van der Waals surface area contributed by atoms with Crippen molar-refractivity contribution in [2.45, 2.75) is 73.1 Å². The first-order valence-electron chi connectivity index (χ1n) is 6.46. The molecule has 14 heavy (non-hydrogen) atoms. The van der Waals surface area contributed by atoms with E-state index in [1.807, 2.05) is 0 Å². The molecule has 1 aliphatic rings. The van der Waals surface area contributed by atoms with E-state index in [0.29, 0.717) is 10.8 Å². The highest BCUT2D eigenvalue weighted by Gasteiger charge is 2.45. The molecule has 1 fully saturated rings. The van der Waals surface area contributed by atoms with E-state index in [1.54, 1.807) is 0 Å². The van der Waals surface area contributed by atoms with E-state index >= 15 is 0 Å². The first-order valence-corrected chi connectivity index (χ1v) is 6.46. The van der Waals surface area contributed by atoms with Crippen molar-refractivity contribution in [2.75, 3.05) is 0 Å². The van der Waals surface area contributed by atoms with Crippen molar-refractivity contribution in [3.05, 3.63) is 0 Å². The van der Waals surface area contributed by atoms with Crippen LogP contribution in [-0.4, -0.2) is 0 Å². The maximum Gasteiger partial charge on any atom is -0.0246 e. The van der Waals surface area contributed by atoms with Crippen LogP contribution in [0.15, 0.2) is 0 Å². The molecule has 0 spiro atoms. The second-order valence-electron chi connectivity index (χ2n) is 6.07. The van der Waals surface area contributed by atoms with Gasteiger partial charge in [-0.2, -0.15) is 0 Å². The lowest BCUT2D eigenvalue weighted by Crippen LogP contribution is -2.42. The normalized spacial score (nSPS) is 22.7. The minimum Gasteiger partial charge on any atom is -0.0648 e. The molecule has 0 radical (unpaired) electrons. The molecule has 0 aromatic rings. The molecule has 0 heteroatoms. The maximum atomic E-state index is 2.49. The van der Waals surface area contributed by atoms with Crippen LogP contribution in [0.3, 0.4) is 0 Å². The van der Waals surface area contributed by atoms with Gasteiger partial charge in [-0.25, -0.2) is 0 Å². The number of hydrogen-bond acceptors (Lipinski definition) is 0. The van der Waals surface area contributed by atoms with Gasteiger partial charge in [0.15, 0.2) is 0 Å². The Bertz CT molecular complexity index is 170. The molecule has 0 aliphatic heterocycles.